The summed E-state index contributed by atoms with van der Waals surface area (Å²) in [6.45, 7) is 0.703. The molecule has 2 aliphatic heterocycles. The smallest absolute Gasteiger partial charge is 0.244 e. The third-order valence-corrected chi connectivity index (χ3v) is 6.71. The number of carbonyl (C=O) groups excluding carboxylic acids is 1. The van der Waals surface area contributed by atoms with Gasteiger partial charge >= 0.3 is 0 Å². The Balaban J connectivity index is 1.99. The molecule has 2 atom stereocenters. The SMILES string of the molecule is CN1C(=O)[C@H]2COC[C@@H]1CN(S(=O)(=O)c1ccc(C#N)cc1Cl)C2. The number of carbonyl (C=O) groups is 1. The summed E-state index contributed by atoms with van der Waals surface area (Å²) >= 11 is 6.07. The van der Waals surface area contributed by atoms with Gasteiger partial charge in [-0.15, -0.1) is 0 Å². The van der Waals surface area contributed by atoms with Crippen LogP contribution in [-0.4, -0.2) is 62.9 Å². The van der Waals surface area contributed by atoms with Crippen molar-refractivity contribution in [2.24, 2.45) is 5.92 Å². The summed E-state index contributed by atoms with van der Waals surface area (Å²) in [5.41, 5.74) is 0.287. The molecular weight excluding hydrogens is 354 g/mol. The third-order valence-electron chi connectivity index (χ3n) is 4.39. The predicted octanol–water partition coefficient (Wildman–Crippen LogP) is 0.689. The number of rotatable bonds is 2. The second-order valence-corrected chi connectivity index (χ2v) is 8.23. The predicted molar refractivity (Wildman–Crippen MR) is 85.8 cm³/mol. The maximum Gasteiger partial charge on any atom is 0.244 e. The number of halogens is 1. The van der Waals surface area contributed by atoms with Gasteiger partial charge in [0, 0.05) is 20.1 Å². The van der Waals surface area contributed by atoms with Gasteiger partial charge in [0.25, 0.3) is 0 Å². The highest BCUT2D eigenvalue weighted by molar-refractivity contribution is 7.89. The van der Waals surface area contributed by atoms with E-state index in [1.54, 1.807) is 11.9 Å². The van der Waals surface area contributed by atoms with Gasteiger partial charge in [-0.3, -0.25) is 4.79 Å². The Morgan fingerprint density at radius 3 is 2.75 bits per heavy atom. The normalized spacial score (nSPS) is 25.2. The van der Waals surface area contributed by atoms with E-state index in [2.05, 4.69) is 0 Å². The fourth-order valence-corrected chi connectivity index (χ4v) is 5.01. The van der Waals surface area contributed by atoms with E-state index in [4.69, 9.17) is 21.6 Å². The Bertz CT molecular complexity index is 820. The number of benzene rings is 1. The van der Waals surface area contributed by atoms with Crippen LogP contribution >= 0.6 is 11.6 Å². The van der Waals surface area contributed by atoms with E-state index < -0.39 is 15.9 Å². The number of hydrogen-bond donors (Lipinski definition) is 0. The lowest BCUT2D eigenvalue weighted by Crippen LogP contribution is -2.45. The third kappa shape index (κ3) is 2.89. The largest absolute Gasteiger partial charge is 0.378 e. The van der Waals surface area contributed by atoms with Crippen LogP contribution in [0.1, 0.15) is 5.56 Å². The van der Waals surface area contributed by atoms with Crippen LogP contribution in [0.4, 0.5) is 0 Å². The molecule has 0 unspecified atom stereocenters. The number of sulfonamides is 1. The van der Waals surface area contributed by atoms with Crippen molar-refractivity contribution in [3.05, 3.63) is 28.8 Å². The molecule has 2 saturated heterocycles. The molecule has 2 heterocycles. The van der Waals surface area contributed by atoms with Crippen LogP contribution in [0.3, 0.4) is 0 Å². The van der Waals surface area contributed by atoms with Crippen LogP contribution in [0.5, 0.6) is 0 Å². The minimum atomic E-state index is -3.87. The van der Waals surface area contributed by atoms with Gasteiger partial charge in [0.2, 0.25) is 15.9 Å². The molecule has 2 fully saturated rings. The Morgan fingerprint density at radius 2 is 2.08 bits per heavy atom. The zero-order chi connectivity index (χ0) is 17.5. The van der Waals surface area contributed by atoms with E-state index in [0.717, 1.165) is 0 Å². The number of ether oxygens (including phenoxy) is 1. The molecule has 128 valence electrons. The highest BCUT2D eigenvalue weighted by Crippen LogP contribution is 2.29. The first kappa shape index (κ1) is 17.2. The molecule has 1 aromatic carbocycles. The number of fused-ring (bicyclic) bond motifs is 3. The minimum absolute atomic E-state index is 0.000567. The van der Waals surface area contributed by atoms with Crippen molar-refractivity contribution in [1.82, 2.24) is 9.21 Å². The second-order valence-electron chi connectivity index (χ2n) is 5.92. The molecule has 1 aromatic rings. The van der Waals surface area contributed by atoms with Crippen molar-refractivity contribution in [2.45, 2.75) is 10.9 Å². The summed E-state index contributed by atoms with van der Waals surface area (Å²) < 4.78 is 32.8. The molecule has 24 heavy (non-hydrogen) atoms. The Morgan fingerprint density at radius 1 is 1.33 bits per heavy atom. The van der Waals surface area contributed by atoms with E-state index in [1.807, 2.05) is 6.07 Å². The molecule has 0 aliphatic carbocycles. The molecule has 2 bridgehead atoms. The highest BCUT2D eigenvalue weighted by atomic mass is 35.5. The van der Waals surface area contributed by atoms with Crippen molar-refractivity contribution in [2.75, 3.05) is 33.4 Å². The number of amides is 1. The van der Waals surface area contributed by atoms with Crippen LogP contribution < -0.4 is 0 Å². The molecule has 9 heteroatoms. The van der Waals surface area contributed by atoms with Crippen molar-refractivity contribution in [1.29, 1.82) is 5.26 Å². The summed E-state index contributed by atoms with van der Waals surface area (Å²) in [5, 5.41) is 8.88. The molecule has 0 N–H and O–H groups in total. The van der Waals surface area contributed by atoms with Gasteiger partial charge in [0.15, 0.2) is 0 Å². The van der Waals surface area contributed by atoms with Crippen LogP contribution in [0.15, 0.2) is 23.1 Å². The summed E-state index contributed by atoms with van der Waals surface area (Å²) in [5.74, 6) is -0.643. The molecule has 0 aromatic heterocycles. The standard InChI is InChI=1S/C15H16ClN3O4S/c1-18-12-7-19(6-11(15(18)20)8-23-9-12)24(21,22)14-3-2-10(5-17)4-13(14)16/h2-4,11-12H,6-9H2,1H3/t11-,12+/m1/s1. The van der Waals surface area contributed by atoms with Gasteiger partial charge in [-0.2, -0.15) is 9.57 Å². The Labute approximate surface area is 145 Å². The van der Waals surface area contributed by atoms with Crippen molar-refractivity contribution in [3.8, 4) is 6.07 Å². The van der Waals surface area contributed by atoms with Crippen molar-refractivity contribution in [3.63, 3.8) is 0 Å². The maximum absolute atomic E-state index is 13.0. The van der Waals surface area contributed by atoms with Crippen LogP contribution in [0.25, 0.3) is 0 Å². The first-order chi connectivity index (χ1) is 11.3. The number of hydrogen-bond acceptors (Lipinski definition) is 5. The number of nitriles is 1. The summed E-state index contributed by atoms with van der Waals surface area (Å²) in [6, 6.07) is 5.66. The van der Waals surface area contributed by atoms with Crippen LogP contribution in [-0.2, 0) is 19.6 Å². The topological polar surface area (TPSA) is 90.7 Å². The van der Waals surface area contributed by atoms with E-state index in [9.17, 15) is 13.2 Å². The molecule has 0 spiro atoms. The van der Waals surface area contributed by atoms with Crippen LogP contribution in [0, 0.1) is 17.2 Å². The second kappa shape index (κ2) is 6.33. The monoisotopic (exact) mass is 369 g/mol. The molecule has 0 radical (unpaired) electrons. The lowest BCUT2D eigenvalue weighted by Gasteiger charge is -2.29. The molecule has 3 rings (SSSR count). The fourth-order valence-electron chi connectivity index (χ4n) is 2.97. The summed E-state index contributed by atoms with van der Waals surface area (Å²) in [6.07, 6.45) is 0. The average molecular weight is 370 g/mol. The van der Waals surface area contributed by atoms with Gasteiger partial charge < -0.3 is 9.64 Å². The van der Waals surface area contributed by atoms with Gasteiger partial charge in [0.1, 0.15) is 4.90 Å². The van der Waals surface area contributed by atoms with Crippen molar-refractivity contribution < 1.29 is 17.9 Å². The van der Waals surface area contributed by atoms with Gasteiger partial charge in [-0.25, -0.2) is 8.42 Å². The molecule has 0 saturated carbocycles. The molecular formula is C15H16ClN3O4S. The van der Waals surface area contributed by atoms with Crippen molar-refractivity contribution >= 4 is 27.5 Å². The number of nitrogens with zero attached hydrogens (tertiary/aromatic N) is 3. The zero-order valence-electron chi connectivity index (χ0n) is 13.0. The average Bonchev–Trinajstić information content (AvgIpc) is 2.72. The Kier molecular flexibility index (Phi) is 4.53. The molecule has 7 nitrogen and oxygen atoms in total. The summed E-state index contributed by atoms with van der Waals surface area (Å²) in [7, 11) is -2.21. The highest BCUT2D eigenvalue weighted by Gasteiger charge is 2.41. The lowest BCUT2D eigenvalue weighted by molar-refractivity contribution is -0.133. The van der Waals surface area contributed by atoms with E-state index in [1.165, 1.54) is 22.5 Å². The number of likely N-dealkylation sites (N-methyl/N-ethyl adjacent to an activating group) is 1. The molecule has 1 amide bonds. The quantitative estimate of drug-likeness (QED) is 0.765. The minimum Gasteiger partial charge on any atom is -0.378 e. The lowest BCUT2D eigenvalue weighted by atomic mass is 10.1. The first-order valence-corrected chi connectivity index (χ1v) is 9.20. The zero-order valence-corrected chi connectivity index (χ0v) is 14.5. The first-order valence-electron chi connectivity index (χ1n) is 7.39. The van der Waals surface area contributed by atoms with E-state index in [0.29, 0.717) is 6.61 Å². The fraction of sp³-hybridized carbons (Fsp3) is 0.467. The van der Waals surface area contributed by atoms with Gasteiger partial charge in [-0.1, -0.05) is 11.6 Å². The van der Waals surface area contributed by atoms with Crippen LogP contribution in [0.2, 0.25) is 5.02 Å². The molecule has 2 aliphatic rings. The van der Waals surface area contributed by atoms with E-state index >= 15 is 0 Å². The maximum atomic E-state index is 13.0. The van der Waals surface area contributed by atoms with Gasteiger partial charge in [0.05, 0.1) is 41.8 Å². The summed E-state index contributed by atoms with van der Waals surface area (Å²) in [4.78, 5) is 13.9. The Hall–Kier alpha value is -1.66. The van der Waals surface area contributed by atoms with E-state index in [-0.39, 0.29) is 47.1 Å². The van der Waals surface area contributed by atoms with Gasteiger partial charge in [-0.05, 0) is 18.2 Å².